The van der Waals surface area contributed by atoms with Gasteiger partial charge in [-0.2, -0.15) is 0 Å². The molecule has 1 saturated heterocycles. The normalized spacial score (nSPS) is 19.1. The van der Waals surface area contributed by atoms with Crippen molar-refractivity contribution in [1.29, 1.82) is 0 Å². The molecule has 1 atom stereocenters. The molecule has 4 nitrogen and oxygen atoms in total. The summed E-state index contributed by atoms with van der Waals surface area (Å²) in [6, 6.07) is 7.65. The Morgan fingerprint density at radius 3 is 2.79 bits per heavy atom. The molecule has 19 heavy (non-hydrogen) atoms. The van der Waals surface area contributed by atoms with Crippen molar-refractivity contribution < 1.29 is 9.53 Å². The van der Waals surface area contributed by atoms with Gasteiger partial charge in [-0.1, -0.05) is 12.1 Å². The van der Waals surface area contributed by atoms with Crippen molar-refractivity contribution >= 4 is 5.91 Å². The number of hydrogen-bond acceptors (Lipinski definition) is 3. The van der Waals surface area contributed by atoms with Gasteiger partial charge in [-0.3, -0.25) is 4.79 Å². The minimum atomic E-state index is -0.00938. The monoisotopic (exact) mass is 262 g/mol. The maximum Gasteiger partial charge on any atom is 0.251 e. The smallest absolute Gasteiger partial charge is 0.251 e. The Bertz CT molecular complexity index is 397. The molecule has 1 amide bonds. The third kappa shape index (κ3) is 4.33. The molecular formula is C15H22N2O2. The second-order valence-electron chi connectivity index (χ2n) is 5.03. The van der Waals surface area contributed by atoms with Crippen LogP contribution in [0.3, 0.4) is 0 Å². The first-order chi connectivity index (χ1) is 9.29. The third-order valence-corrected chi connectivity index (χ3v) is 3.46. The van der Waals surface area contributed by atoms with Crippen LogP contribution >= 0.6 is 0 Å². The summed E-state index contributed by atoms with van der Waals surface area (Å²) in [6.07, 6.45) is 3.07. The molecule has 1 heterocycles. The molecule has 1 aromatic rings. The lowest BCUT2D eigenvalue weighted by Gasteiger charge is -2.22. The van der Waals surface area contributed by atoms with Crippen molar-refractivity contribution in [3.8, 4) is 0 Å². The van der Waals surface area contributed by atoms with E-state index in [4.69, 9.17) is 10.5 Å². The zero-order valence-corrected chi connectivity index (χ0v) is 11.2. The van der Waals surface area contributed by atoms with E-state index in [0.717, 1.165) is 32.5 Å². The van der Waals surface area contributed by atoms with Gasteiger partial charge in [0.15, 0.2) is 0 Å². The fourth-order valence-electron chi connectivity index (χ4n) is 2.30. The lowest BCUT2D eigenvalue weighted by Crippen LogP contribution is -2.33. The van der Waals surface area contributed by atoms with Gasteiger partial charge in [0, 0.05) is 18.7 Å². The Morgan fingerprint density at radius 2 is 2.16 bits per heavy atom. The molecule has 104 valence electrons. The quantitative estimate of drug-likeness (QED) is 0.841. The van der Waals surface area contributed by atoms with E-state index in [-0.39, 0.29) is 5.91 Å². The molecular weight excluding hydrogens is 240 g/mol. The van der Waals surface area contributed by atoms with Crippen LogP contribution in [0.15, 0.2) is 24.3 Å². The Morgan fingerprint density at radius 1 is 1.37 bits per heavy atom. The van der Waals surface area contributed by atoms with Gasteiger partial charge in [0.05, 0.1) is 6.61 Å². The number of carbonyl (C=O) groups excluding carboxylic acids is 1. The molecule has 2 rings (SSSR count). The molecule has 0 spiro atoms. The van der Waals surface area contributed by atoms with E-state index in [1.807, 2.05) is 24.3 Å². The largest absolute Gasteiger partial charge is 0.381 e. The van der Waals surface area contributed by atoms with Crippen LogP contribution in [0, 0.1) is 5.92 Å². The summed E-state index contributed by atoms with van der Waals surface area (Å²) in [5, 5.41) is 2.98. The van der Waals surface area contributed by atoms with Crippen molar-refractivity contribution in [2.75, 3.05) is 26.3 Å². The van der Waals surface area contributed by atoms with Crippen molar-refractivity contribution in [3.05, 3.63) is 35.4 Å². The summed E-state index contributed by atoms with van der Waals surface area (Å²) < 4.78 is 5.40. The lowest BCUT2D eigenvalue weighted by atomic mass is 10.0. The minimum Gasteiger partial charge on any atom is -0.381 e. The molecule has 0 bridgehead atoms. The van der Waals surface area contributed by atoms with Gasteiger partial charge in [0.2, 0.25) is 0 Å². The van der Waals surface area contributed by atoms with Crippen molar-refractivity contribution in [2.24, 2.45) is 11.7 Å². The molecule has 0 aromatic heterocycles. The highest BCUT2D eigenvalue weighted by atomic mass is 16.5. The molecule has 0 radical (unpaired) electrons. The van der Waals surface area contributed by atoms with Crippen LogP contribution in [0.4, 0.5) is 0 Å². The maximum atomic E-state index is 12.0. The average Bonchev–Trinajstić information content (AvgIpc) is 2.47. The topological polar surface area (TPSA) is 64.4 Å². The fraction of sp³-hybridized carbons (Fsp3) is 0.533. The number of nitrogens with two attached hydrogens (primary N) is 1. The molecule has 3 N–H and O–H groups in total. The Kier molecular flexibility index (Phi) is 5.36. The van der Waals surface area contributed by atoms with Crippen molar-refractivity contribution in [2.45, 2.75) is 19.3 Å². The van der Waals surface area contributed by atoms with E-state index in [9.17, 15) is 4.79 Å². The van der Waals surface area contributed by atoms with Gasteiger partial charge in [-0.05, 0) is 49.4 Å². The number of benzene rings is 1. The van der Waals surface area contributed by atoms with Crippen LogP contribution in [-0.4, -0.2) is 32.2 Å². The van der Waals surface area contributed by atoms with Gasteiger partial charge in [0.1, 0.15) is 0 Å². The van der Waals surface area contributed by atoms with Crippen LogP contribution in [0.2, 0.25) is 0 Å². The Labute approximate surface area is 114 Å². The Hall–Kier alpha value is -1.39. The number of nitrogens with one attached hydrogen (secondary N) is 1. The van der Waals surface area contributed by atoms with Crippen LogP contribution in [0.1, 0.15) is 28.8 Å². The molecule has 1 fully saturated rings. The van der Waals surface area contributed by atoms with Gasteiger partial charge in [-0.15, -0.1) is 0 Å². The first kappa shape index (κ1) is 14.0. The third-order valence-electron chi connectivity index (χ3n) is 3.46. The first-order valence-electron chi connectivity index (χ1n) is 6.94. The summed E-state index contributed by atoms with van der Waals surface area (Å²) >= 11 is 0. The number of ether oxygens (including phenoxy) is 1. The fourth-order valence-corrected chi connectivity index (χ4v) is 2.30. The zero-order chi connectivity index (χ0) is 13.5. The average molecular weight is 262 g/mol. The predicted octanol–water partition coefficient (Wildman–Crippen LogP) is 1.34. The molecule has 1 aliphatic heterocycles. The number of carbonyl (C=O) groups is 1. The van der Waals surface area contributed by atoms with E-state index in [0.29, 0.717) is 24.6 Å². The summed E-state index contributed by atoms with van der Waals surface area (Å²) in [7, 11) is 0. The maximum absolute atomic E-state index is 12.0. The van der Waals surface area contributed by atoms with Crippen LogP contribution in [-0.2, 0) is 11.2 Å². The SMILES string of the molecule is NCCc1ccc(C(=O)NCC2CCCOC2)cc1. The predicted molar refractivity (Wildman–Crippen MR) is 75.1 cm³/mol. The molecule has 1 unspecified atom stereocenters. The van der Waals surface area contributed by atoms with Crippen LogP contribution < -0.4 is 11.1 Å². The van der Waals surface area contributed by atoms with E-state index in [2.05, 4.69) is 5.32 Å². The lowest BCUT2D eigenvalue weighted by molar-refractivity contribution is 0.0536. The first-order valence-corrected chi connectivity index (χ1v) is 6.94. The van der Waals surface area contributed by atoms with Crippen LogP contribution in [0.25, 0.3) is 0 Å². The van der Waals surface area contributed by atoms with Crippen LogP contribution in [0.5, 0.6) is 0 Å². The highest BCUT2D eigenvalue weighted by Gasteiger charge is 2.15. The summed E-state index contributed by atoms with van der Waals surface area (Å²) in [4.78, 5) is 12.0. The number of amides is 1. The molecule has 0 aliphatic carbocycles. The summed E-state index contributed by atoms with van der Waals surface area (Å²) in [5.41, 5.74) is 7.37. The highest BCUT2D eigenvalue weighted by Crippen LogP contribution is 2.12. The minimum absolute atomic E-state index is 0.00938. The second kappa shape index (κ2) is 7.26. The number of rotatable bonds is 5. The molecule has 4 heteroatoms. The van der Waals surface area contributed by atoms with Gasteiger partial charge in [0.25, 0.3) is 5.91 Å². The summed E-state index contributed by atoms with van der Waals surface area (Å²) in [5.74, 6) is 0.444. The molecule has 1 aliphatic rings. The van der Waals surface area contributed by atoms with E-state index in [1.54, 1.807) is 0 Å². The van der Waals surface area contributed by atoms with Gasteiger partial charge in [-0.25, -0.2) is 0 Å². The van der Waals surface area contributed by atoms with Crippen molar-refractivity contribution in [3.63, 3.8) is 0 Å². The number of hydrogen-bond donors (Lipinski definition) is 2. The molecule has 1 aromatic carbocycles. The summed E-state index contributed by atoms with van der Waals surface area (Å²) in [6.45, 7) is 2.94. The van der Waals surface area contributed by atoms with Gasteiger partial charge < -0.3 is 15.8 Å². The van der Waals surface area contributed by atoms with Crippen molar-refractivity contribution in [1.82, 2.24) is 5.32 Å². The second-order valence-corrected chi connectivity index (χ2v) is 5.03. The molecule has 0 saturated carbocycles. The van der Waals surface area contributed by atoms with E-state index >= 15 is 0 Å². The van der Waals surface area contributed by atoms with Gasteiger partial charge >= 0.3 is 0 Å². The van der Waals surface area contributed by atoms with E-state index < -0.39 is 0 Å². The standard InChI is InChI=1S/C15H22N2O2/c16-8-7-12-3-5-14(6-4-12)15(18)17-10-13-2-1-9-19-11-13/h3-6,13H,1-2,7-11,16H2,(H,17,18). The zero-order valence-electron chi connectivity index (χ0n) is 11.2. The highest BCUT2D eigenvalue weighted by molar-refractivity contribution is 5.94. The Balaban J connectivity index is 1.81. The van der Waals surface area contributed by atoms with E-state index in [1.165, 1.54) is 5.56 Å².